The highest BCUT2D eigenvalue weighted by molar-refractivity contribution is 5.46. The van der Waals surface area contributed by atoms with Crippen LogP contribution in [0.2, 0.25) is 0 Å². The molecule has 1 aliphatic heterocycles. The van der Waals surface area contributed by atoms with Crippen molar-refractivity contribution in [2.45, 2.75) is 6.04 Å². The molecule has 0 atom stereocenters. The van der Waals surface area contributed by atoms with Gasteiger partial charge in [0.25, 0.3) is 0 Å². The van der Waals surface area contributed by atoms with Crippen LogP contribution in [-0.2, 0) is 4.74 Å². The van der Waals surface area contributed by atoms with Gasteiger partial charge in [0.05, 0.1) is 24.9 Å². The fourth-order valence-corrected chi connectivity index (χ4v) is 1.18. The van der Waals surface area contributed by atoms with Crippen LogP contribution in [-0.4, -0.2) is 19.3 Å². The highest BCUT2D eigenvalue weighted by Gasteiger charge is 2.21. The second kappa shape index (κ2) is 3.49. The van der Waals surface area contributed by atoms with Gasteiger partial charge in [-0.25, -0.2) is 13.2 Å². The molecule has 0 bridgehead atoms. The molecule has 1 aromatic rings. The van der Waals surface area contributed by atoms with Crippen LogP contribution in [0.3, 0.4) is 0 Å². The molecule has 2 nitrogen and oxygen atoms in total. The normalized spacial score (nSPS) is 16.5. The third-order valence-corrected chi connectivity index (χ3v) is 2.03. The molecule has 1 heterocycles. The van der Waals surface area contributed by atoms with Gasteiger partial charge in [-0.2, -0.15) is 0 Å². The molecule has 76 valence electrons. The van der Waals surface area contributed by atoms with Gasteiger partial charge in [-0.1, -0.05) is 0 Å². The van der Waals surface area contributed by atoms with E-state index in [0.717, 1.165) is 6.07 Å². The number of ether oxygens (including phenoxy) is 1. The van der Waals surface area contributed by atoms with Gasteiger partial charge in [-0.3, -0.25) is 0 Å². The number of hydrogen-bond donors (Lipinski definition) is 1. The van der Waals surface area contributed by atoms with Crippen molar-refractivity contribution in [3.05, 3.63) is 29.6 Å². The Balaban J connectivity index is 2.20. The van der Waals surface area contributed by atoms with Gasteiger partial charge in [-0.15, -0.1) is 0 Å². The van der Waals surface area contributed by atoms with Crippen molar-refractivity contribution >= 4 is 5.69 Å². The van der Waals surface area contributed by atoms with Crippen molar-refractivity contribution in [1.82, 2.24) is 0 Å². The van der Waals surface area contributed by atoms with Crippen LogP contribution < -0.4 is 5.32 Å². The van der Waals surface area contributed by atoms with Gasteiger partial charge in [-0.05, 0) is 12.1 Å². The van der Waals surface area contributed by atoms with E-state index in [0.29, 0.717) is 13.2 Å². The van der Waals surface area contributed by atoms with Crippen LogP contribution in [0.25, 0.3) is 0 Å². The van der Waals surface area contributed by atoms with E-state index < -0.39 is 17.5 Å². The Hall–Kier alpha value is -1.23. The van der Waals surface area contributed by atoms with Crippen molar-refractivity contribution < 1.29 is 17.9 Å². The molecule has 0 aromatic heterocycles. The van der Waals surface area contributed by atoms with Crippen molar-refractivity contribution in [3.8, 4) is 0 Å². The summed E-state index contributed by atoms with van der Waals surface area (Å²) in [6, 6.07) is 2.04. The van der Waals surface area contributed by atoms with Gasteiger partial charge in [0.2, 0.25) is 0 Å². The smallest absolute Gasteiger partial charge is 0.196 e. The van der Waals surface area contributed by atoms with E-state index in [1.165, 1.54) is 6.07 Å². The average Bonchev–Trinajstić information content (AvgIpc) is 2.10. The summed E-state index contributed by atoms with van der Waals surface area (Å²) in [5, 5.41) is 2.71. The molecule has 0 unspecified atom stereocenters. The monoisotopic (exact) mass is 203 g/mol. The fraction of sp³-hybridized carbons (Fsp3) is 0.333. The molecule has 1 N–H and O–H groups in total. The lowest BCUT2D eigenvalue weighted by Gasteiger charge is -2.27. The van der Waals surface area contributed by atoms with Gasteiger partial charge in [0.15, 0.2) is 17.5 Å². The first-order valence-electron chi connectivity index (χ1n) is 4.16. The molecule has 0 saturated carbocycles. The van der Waals surface area contributed by atoms with Crippen molar-refractivity contribution in [2.24, 2.45) is 0 Å². The van der Waals surface area contributed by atoms with E-state index >= 15 is 0 Å². The van der Waals surface area contributed by atoms with E-state index in [9.17, 15) is 13.2 Å². The molecule has 5 heteroatoms. The highest BCUT2D eigenvalue weighted by Crippen LogP contribution is 2.21. The summed E-state index contributed by atoms with van der Waals surface area (Å²) in [5.74, 6) is -3.81. The number of rotatable bonds is 2. The summed E-state index contributed by atoms with van der Waals surface area (Å²) < 4.78 is 43.2. The summed E-state index contributed by atoms with van der Waals surface area (Å²) in [4.78, 5) is 0. The lowest BCUT2D eigenvalue weighted by molar-refractivity contribution is 0.0209. The molecule has 0 amide bonds. The van der Waals surface area contributed by atoms with Crippen molar-refractivity contribution in [2.75, 3.05) is 18.5 Å². The second-order valence-electron chi connectivity index (χ2n) is 3.10. The first-order chi connectivity index (χ1) is 6.68. The van der Waals surface area contributed by atoms with Crippen LogP contribution >= 0.6 is 0 Å². The number of nitrogens with one attached hydrogen (secondary N) is 1. The minimum atomic E-state index is -1.45. The molecule has 0 radical (unpaired) electrons. The van der Waals surface area contributed by atoms with Gasteiger partial charge in [0, 0.05) is 0 Å². The predicted octanol–water partition coefficient (Wildman–Crippen LogP) is 1.91. The Morgan fingerprint density at radius 1 is 1.14 bits per heavy atom. The van der Waals surface area contributed by atoms with E-state index in [2.05, 4.69) is 5.32 Å². The molecule has 2 rings (SSSR count). The van der Waals surface area contributed by atoms with E-state index in [1.54, 1.807) is 0 Å². The largest absolute Gasteiger partial charge is 0.377 e. The zero-order chi connectivity index (χ0) is 10.1. The van der Waals surface area contributed by atoms with Gasteiger partial charge < -0.3 is 10.1 Å². The first-order valence-corrected chi connectivity index (χ1v) is 4.16. The van der Waals surface area contributed by atoms with Crippen LogP contribution in [0.4, 0.5) is 18.9 Å². The fourth-order valence-electron chi connectivity index (χ4n) is 1.18. The van der Waals surface area contributed by atoms with Crippen molar-refractivity contribution in [1.29, 1.82) is 0 Å². The SMILES string of the molecule is Fc1ccc(NC2COC2)c(F)c1F. The molecular weight excluding hydrogens is 195 g/mol. The topological polar surface area (TPSA) is 21.3 Å². The molecule has 0 aliphatic carbocycles. The summed E-state index contributed by atoms with van der Waals surface area (Å²) in [6.45, 7) is 0.914. The molecule has 1 aliphatic rings. The summed E-state index contributed by atoms with van der Waals surface area (Å²) in [5.41, 5.74) is -0.0304. The van der Waals surface area contributed by atoms with E-state index in [1.807, 2.05) is 0 Å². The van der Waals surface area contributed by atoms with Gasteiger partial charge in [0.1, 0.15) is 0 Å². The Bertz CT molecular complexity index is 352. The zero-order valence-electron chi connectivity index (χ0n) is 7.19. The second-order valence-corrected chi connectivity index (χ2v) is 3.10. The molecule has 1 fully saturated rings. The van der Waals surface area contributed by atoms with E-state index in [4.69, 9.17) is 4.74 Å². The maximum atomic E-state index is 13.1. The maximum Gasteiger partial charge on any atom is 0.196 e. The Labute approximate surface area is 78.7 Å². The molecule has 1 aromatic carbocycles. The van der Waals surface area contributed by atoms with Crippen LogP contribution in [0.5, 0.6) is 0 Å². The number of halogens is 3. The predicted molar refractivity (Wildman–Crippen MR) is 44.5 cm³/mol. The first kappa shape index (κ1) is 9.33. The third-order valence-electron chi connectivity index (χ3n) is 2.03. The van der Waals surface area contributed by atoms with Crippen LogP contribution in [0.15, 0.2) is 12.1 Å². The Kier molecular flexibility index (Phi) is 2.33. The highest BCUT2D eigenvalue weighted by atomic mass is 19.2. The summed E-state index contributed by atoms with van der Waals surface area (Å²) >= 11 is 0. The molecule has 0 spiro atoms. The van der Waals surface area contributed by atoms with Crippen molar-refractivity contribution in [3.63, 3.8) is 0 Å². The minimum Gasteiger partial charge on any atom is -0.377 e. The molecule has 14 heavy (non-hydrogen) atoms. The third kappa shape index (κ3) is 1.55. The van der Waals surface area contributed by atoms with Gasteiger partial charge >= 0.3 is 0 Å². The Morgan fingerprint density at radius 3 is 2.43 bits per heavy atom. The summed E-state index contributed by atoms with van der Waals surface area (Å²) in [6.07, 6.45) is 0. The summed E-state index contributed by atoms with van der Waals surface area (Å²) in [7, 11) is 0. The average molecular weight is 203 g/mol. The maximum absolute atomic E-state index is 13.1. The zero-order valence-corrected chi connectivity index (χ0v) is 7.19. The lowest BCUT2D eigenvalue weighted by Crippen LogP contribution is -2.40. The number of hydrogen-bond acceptors (Lipinski definition) is 2. The quantitative estimate of drug-likeness (QED) is 0.741. The number of anilines is 1. The minimum absolute atomic E-state index is 0.0191. The van der Waals surface area contributed by atoms with Crippen LogP contribution in [0.1, 0.15) is 0 Å². The molecular formula is C9H8F3NO. The number of benzene rings is 1. The van der Waals surface area contributed by atoms with E-state index in [-0.39, 0.29) is 11.7 Å². The standard InChI is InChI=1S/C9H8F3NO/c10-6-1-2-7(9(12)8(6)11)13-5-3-14-4-5/h1-2,5,13H,3-4H2. The Morgan fingerprint density at radius 2 is 1.86 bits per heavy atom. The molecule has 1 saturated heterocycles. The lowest BCUT2D eigenvalue weighted by atomic mass is 10.2. The van der Waals surface area contributed by atoms with Crippen LogP contribution in [0, 0.1) is 17.5 Å².